The average Bonchev–Trinajstić information content (AvgIpc) is 2.96. The number of rotatable bonds is 2. The molecule has 2 rings (SSSR count). The van der Waals surface area contributed by atoms with Gasteiger partial charge in [0.15, 0.2) is 0 Å². The van der Waals surface area contributed by atoms with E-state index >= 15 is 0 Å². The zero-order valence-electron chi connectivity index (χ0n) is 12.6. The number of amides is 1. The molecule has 4 heteroatoms. The highest BCUT2D eigenvalue weighted by molar-refractivity contribution is 5.68. The second kappa shape index (κ2) is 5.31. The molecule has 4 nitrogen and oxygen atoms in total. The van der Waals surface area contributed by atoms with Crippen molar-refractivity contribution in [3.8, 4) is 0 Å². The molecule has 0 aromatic heterocycles. The van der Waals surface area contributed by atoms with Gasteiger partial charge in [-0.25, -0.2) is 4.79 Å². The van der Waals surface area contributed by atoms with Crippen LogP contribution in [-0.4, -0.2) is 36.2 Å². The Labute approximate surface area is 116 Å². The summed E-state index contributed by atoms with van der Waals surface area (Å²) in [5, 5.41) is 0. The van der Waals surface area contributed by atoms with E-state index in [1.54, 1.807) is 0 Å². The van der Waals surface area contributed by atoms with Gasteiger partial charge in [-0.15, -0.1) is 0 Å². The van der Waals surface area contributed by atoms with E-state index in [4.69, 9.17) is 10.5 Å². The molecule has 1 saturated heterocycles. The van der Waals surface area contributed by atoms with Crippen molar-refractivity contribution in [2.24, 2.45) is 17.1 Å². The first-order valence-corrected chi connectivity index (χ1v) is 7.54. The fraction of sp³-hybridized carbons (Fsp3) is 0.933. The number of carbonyl (C=O) groups excluding carboxylic acids is 1. The van der Waals surface area contributed by atoms with E-state index in [2.05, 4.69) is 0 Å². The monoisotopic (exact) mass is 268 g/mol. The molecule has 2 N–H and O–H groups in total. The number of hydrogen-bond donors (Lipinski definition) is 1. The van der Waals surface area contributed by atoms with E-state index in [1.807, 2.05) is 25.7 Å². The van der Waals surface area contributed by atoms with Crippen molar-refractivity contribution in [3.63, 3.8) is 0 Å². The standard InChI is InChI=1S/C15H28N2O2/c1-14(2,3)19-13(18)17-9-6-12(10-17)15(11-16)7-4-5-8-15/h12H,4-11,16H2,1-3H3. The maximum Gasteiger partial charge on any atom is 0.410 e. The van der Waals surface area contributed by atoms with Gasteiger partial charge in [0, 0.05) is 13.1 Å². The van der Waals surface area contributed by atoms with E-state index in [9.17, 15) is 4.79 Å². The second-order valence-corrected chi connectivity index (χ2v) is 7.19. The molecule has 0 aromatic carbocycles. The van der Waals surface area contributed by atoms with E-state index in [-0.39, 0.29) is 11.5 Å². The van der Waals surface area contributed by atoms with Gasteiger partial charge in [-0.1, -0.05) is 12.8 Å². The lowest BCUT2D eigenvalue weighted by Gasteiger charge is -2.34. The Bertz CT molecular complexity index is 330. The summed E-state index contributed by atoms with van der Waals surface area (Å²) in [6.45, 7) is 8.15. The minimum Gasteiger partial charge on any atom is -0.444 e. The van der Waals surface area contributed by atoms with Crippen LogP contribution in [0.2, 0.25) is 0 Å². The summed E-state index contributed by atoms with van der Waals surface area (Å²) in [4.78, 5) is 14.0. The molecule has 1 atom stereocenters. The lowest BCUT2D eigenvalue weighted by Crippen LogP contribution is -2.39. The van der Waals surface area contributed by atoms with E-state index < -0.39 is 5.60 Å². The summed E-state index contributed by atoms with van der Waals surface area (Å²) in [5.41, 5.74) is 5.92. The van der Waals surface area contributed by atoms with Gasteiger partial charge < -0.3 is 15.4 Å². The lowest BCUT2D eigenvalue weighted by molar-refractivity contribution is 0.0272. The molecular formula is C15H28N2O2. The molecule has 2 fully saturated rings. The number of carbonyl (C=O) groups is 1. The maximum absolute atomic E-state index is 12.1. The van der Waals surface area contributed by atoms with Gasteiger partial charge >= 0.3 is 6.09 Å². The van der Waals surface area contributed by atoms with Crippen LogP contribution >= 0.6 is 0 Å². The SMILES string of the molecule is CC(C)(C)OC(=O)N1CCC(C2(CN)CCCC2)C1. The lowest BCUT2D eigenvalue weighted by atomic mass is 9.73. The molecule has 0 aromatic rings. The molecular weight excluding hydrogens is 240 g/mol. The fourth-order valence-corrected chi connectivity index (χ4v) is 3.61. The molecule has 110 valence electrons. The molecule has 0 spiro atoms. The predicted molar refractivity (Wildman–Crippen MR) is 75.9 cm³/mol. The zero-order chi connectivity index (χ0) is 14.1. The Balaban J connectivity index is 1.94. The van der Waals surface area contributed by atoms with Crippen LogP contribution in [-0.2, 0) is 4.74 Å². The van der Waals surface area contributed by atoms with Crippen LogP contribution in [0, 0.1) is 11.3 Å². The third-order valence-electron chi connectivity index (χ3n) is 4.71. The Morgan fingerprint density at radius 3 is 2.53 bits per heavy atom. The van der Waals surface area contributed by atoms with Gasteiger partial charge in [0.05, 0.1) is 0 Å². The van der Waals surface area contributed by atoms with Crippen molar-refractivity contribution in [3.05, 3.63) is 0 Å². The third-order valence-corrected chi connectivity index (χ3v) is 4.71. The molecule has 1 amide bonds. The summed E-state index contributed by atoms with van der Waals surface area (Å²) in [7, 11) is 0. The van der Waals surface area contributed by atoms with Crippen LogP contribution in [0.15, 0.2) is 0 Å². The smallest absolute Gasteiger partial charge is 0.410 e. The number of nitrogens with two attached hydrogens (primary N) is 1. The first kappa shape index (κ1) is 14.6. The summed E-state index contributed by atoms with van der Waals surface area (Å²) in [5.74, 6) is 0.563. The zero-order valence-corrected chi connectivity index (χ0v) is 12.6. The molecule has 0 bridgehead atoms. The number of ether oxygens (including phenoxy) is 1. The van der Waals surface area contributed by atoms with Crippen molar-refractivity contribution in [2.45, 2.75) is 58.5 Å². The van der Waals surface area contributed by atoms with Crippen LogP contribution < -0.4 is 5.73 Å². The van der Waals surface area contributed by atoms with E-state index in [0.717, 1.165) is 26.1 Å². The van der Waals surface area contributed by atoms with Crippen molar-refractivity contribution in [2.75, 3.05) is 19.6 Å². The Hall–Kier alpha value is -0.770. The molecule has 1 aliphatic heterocycles. The largest absolute Gasteiger partial charge is 0.444 e. The summed E-state index contributed by atoms with van der Waals surface area (Å²) >= 11 is 0. The van der Waals surface area contributed by atoms with E-state index in [1.165, 1.54) is 25.7 Å². The predicted octanol–water partition coefficient (Wildman–Crippen LogP) is 2.76. The Morgan fingerprint density at radius 2 is 2.00 bits per heavy atom. The molecule has 2 aliphatic rings. The highest BCUT2D eigenvalue weighted by Gasteiger charge is 2.44. The highest BCUT2D eigenvalue weighted by Crippen LogP contribution is 2.47. The molecule has 1 unspecified atom stereocenters. The second-order valence-electron chi connectivity index (χ2n) is 7.19. The van der Waals surface area contributed by atoms with Gasteiger partial charge in [-0.05, 0) is 57.9 Å². The molecule has 0 radical (unpaired) electrons. The minimum absolute atomic E-state index is 0.167. The van der Waals surface area contributed by atoms with E-state index in [0.29, 0.717) is 5.92 Å². The topological polar surface area (TPSA) is 55.6 Å². The van der Waals surface area contributed by atoms with Gasteiger partial charge in [0.1, 0.15) is 5.60 Å². The summed E-state index contributed by atoms with van der Waals surface area (Å²) in [6.07, 6.45) is 5.96. The molecule has 1 heterocycles. The van der Waals surface area contributed by atoms with Gasteiger partial charge in [0.2, 0.25) is 0 Å². The third kappa shape index (κ3) is 3.22. The van der Waals surface area contributed by atoms with Crippen molar-refractivity contribution >= 4 is 6.09 Å². The van der Waals surface area contributed by atoms with Crippen molar-refractivity contribution in [1.29, 1.82) is 0 Å². The molecule has 1 aliphatic carbocycles. The van der Waals surface area contributed by atoms with Crippen LogP contribution in [0.5, 0.6) is 0 Å². The normalized spacial score (nSPS) is 26.7. The number of likely N-dealkylation sites (tertiary alicyclic amines) is 1. The summed E-state index contributed by atoms with van der Waals surface area (Å²) in [6, 6.07) is 0. The first-order chi connectivity index (χ1) is 8.86. The van der Waals surface area contributed by atoms with Crippen LogP contribution in [0.1, 0.15) is 52.9 Å². The Kier molecular flexibility index (Phi) is 4.09. The molecule has 1 saturated carbocycles. The quantitative estimate of drug-likeness (QED) is 0.838. The highest BCUT2D eigenvalue weighted by atomic mass is 16.6. The average molecular weight is 268 g/mol. The summed E-state index contributed by atoms with van der Waals surface area (Å²) < 4.78 is 5.45. The van der Waals surface area contributed by atoms with Crippen molar-refractivity contribution in [1.82, 2.24) is 4.90 Å². The maximum atomic E-state index is 12.1. The minimum atomic E-state index is -0.409. The van der Waals surface area contributed by atoms with Crippen molar-refractivity contribution < 1.29 is 9.53 Å². The van der Waals surface area contributed by atoms with Gasteiger partial charge in [-0.2, -0.15) is 0 Å². The fourth-order valence-electron chi connectivity index (χ4n) is 3.61. The van der Waals surface area contributed by atoms with Crippen LogP contribution in [0.25, 0.3) is 0 Å². The van der Waals surface area contributed by atoms with Crippen LogP contribution in [0.4, 0.5) is 4.79 Å². The Morgan fingerprint density at radius 1 is 1.37 bits per heavy atom. The number of hydrogen-bond acceptors (Lipinski definition) is 3. The van der Waals surface area contributed by atoms with Gasteiger partial charge in [-0.3, -0.25) is 0 Å². The number of nitrogens with zero attached hydrogens (tertiary/aromatic N) is 1. The van der Waals surface area contributed by atoms with Crippen LogP contribution in [0.3, 0.4) is 0 Å². The first-order valence-electron chi connectivity index (χ1n) is 7.54. The van der Waals surface area contributed by atoms with Gasteiger partial charge in [0.25, 0.3) is 0 Å². The molecule has 19 heavy (non-hydrogen) atoms.